The van der Waals surface area contributed by atoms with Gasteiger partial charge in [-0.1, -0.05) is 18.2 Å². The molecule has 0 fully saturated rings. The number of ether oxygens (including phenoxy) is 1. The molecule has 0 spiro atoms. The van der Waals surface area contributed by atoms with Gasteiger partial charge in [0.25, 0.3) is 0 Å². The lowest BCUT2D eigenvalue weighted by molar-refractivity contribution is 0.415. The van der Waals surface area contributed by atoms with Gasteiger partial charge in [0.05, 0.1) is 13.4 Å². The first-order chi connectivity index (χ1) is 14.9. The fourth-order valence-corrected chi connectivity index (χ4v) is 3.05. The average molecular weight is 422 g/mol. The summed E-state index contributed by atoms with van der Waals surface area (Å²) in [6, 6.07) is 8.37. The number of hydrogen-bond donors (Lipinski definition) is 3. The highest BCUT2D eigenvalue weighted by Crippen LogP contribution is 2.40. The van der Waals surface area contributed by atoms with Crippen molar-refractivity contribution in [3.05, 3.63) is 89.3 Å². The second-order valence-corrected chi connectivity index (χ2v) is 6.53. The Balaban J connectivity index is 0.000000785. The van der Waals surface area contributed by atoms with Gasteiger partial charge in [-0.3, -0.25) is 4.79 Å². The molecule has 0 radical (unpaired) electrons. The van der Waals surface area contributed by atoms with Crippen molar-refractivity contribution in [2.24, 2.45) is 0 Å². The molecule has 3 N–H and O–H groups in total. The molecule has 0 aliphatic rings. The standard InChI is InChI=1S/C22H20O5.C3H6O/c1-4-6-15-20(24)16(7-5-2)22-19(21(15)25)17(23)12-18(27-22)13-8-10-14(26-3)11-9-13;1-2-3-4/h4-5,8-12,24-25H,1-2,6-7H2,3H3;2-4H,1H3. The molecule has 6 nitrogen and oxygen atoms in total. The molecule has 2 aromatic carbocycles. The van der Waals surface area contributed by atoms with Crippen LogP contribution in [0.1, 0.15) is 18.1 Å². The third-order valence-electron chi connectivity index (χ3n) is 4.54. The van der Waals surface area contributed by atoms with Crippen LogP contribution in [-0.2, 0) is 12.8 Å². The summed E-state index contributed by atoms with van der Waals surface area (Å²) in [5.41, 5.74) is 1.08. The van der Waals surface area contributed by atoms with E-state index in [-0.39, 0.29) is 40.9 Å². The lowest BCUT2D eigenvalue weighted by atomic mass is 9.97. The highest BCUT2D eigenvalue weighted by atomic mass is 16.5. The zero-order valence-corrected chi connectivity index (χ0v) is 17.6. The van der Waals surface area contributed by atoms with Gasteiger partial charge in [0.2, 0.25) is 0 Å². The van der Waals surface area contributed by atoms with Crippen LogP contribution in [0.3, 0.4) is 0 Å². The number of phenolic OH excluding ortho intramolecular Hbond substituents is 2. The van der Waals surface area contributed by atoms with Crippen molar-refractivity contribution in [3.8, 4) is 28.6 Å². The number of phenols is 2. The van der Waals surface area contributed by atoms with Crippen LogP contribution in [-0.4, -0.2) is 22.4 Å². The maximum absolute atomic E-state index is 12.8. The van der Waals surface area contributed by atoms with Crippen molar-refractivity contribution < 1.29 is 24.5 Å². The summed E-state index contributed by atoms with van der Waals surface area (Å²) < 4.78 is 11.1. The second kappa shape index (κ2) is 10.7. The number of methoxy groups -OCH3 is 1. The monoisotopic (exact) mass is 422 g/mol. The van der Waals surface area contributed by atoms with Crippen LogP contribution in [0.2, 0.25) is 0 Å². The van der Waals surface area contributed by atoms with Gasteiger partial charge in [0, 0.05) is 22.8 Å². The van der Waals surface area contributed by atoms with Gasteiger partial charge in [-0.05, 0) is 44.0 Å². The Labute approximate surface area is 180 Å². The van der Waals surface area contributed by atoms with Crippen molar-refractivity contribution in [2.45, 2.75) is 19.8 Å². The van der Waals surface area contributed by atoms with Crippen LogP contribution < -0.4 is 10.2 Å². The quantitative estimate of drug-likeness (QED) is 0.363. The number of aliphatic hydroxyl groups is 1. The van der Waals surface area contributed by atoms with Gasteiger partial charge in [0.15, 0.2) is 5.43 Å². The molecule has 0 saturated carbocycles. The van der Waals surface area contributed by atoms with E-state index >= 15 is 0 Å². The predicted molar refractivity (Wildman–Crippen MR) is 123 cm³/mol. The number of hydrogen-bond acceptors (Lipinski definition) is 6. The number of aromatic hydroxyl groups is 2. The smallest absolute Gasteiger partial charge is 0.197 e. The molecule has 0 saturated heterocycles. The van der Waals surface area contributed by atoms with E-state index in [1.54, 1.807) is 56.5 Å². The Morgan fingerprint density at radius 2 is 1.61 bits per heavy atom. The van der Waals surface area contributed by atoms with Crippen molar-refractivity contribution in [2.75, 3.05) is 7.11 Å². The van der Waals surface area contributed by atoms with E-state index < -0.39 is 5.43 Å². The van der Waals surface area contributed by atoms with Crippen LogP contribution in [0.4, 0.5) is 0 Å². The number of aliphatic hydroxyl groups excluding tert-OH is 1. The molecular formula is C25H26O6. The fraction of sp³-hybridized carbons (Fsp3) is 0.160. The highest BCUT2D eigenvalue weighted by Gasteiger charge is 2.22. The van der Waals surface area contributed by atoms with Gasteiger partial charge in [-0.25, -0.2) is 0 Å². The Morgan fingerprint density at radius 3 is 2.13 bits per heavy atom. The Kier molecular flexibility index (Phi) is 8.09. The van der Waals surface area contributed by atoms with Crippen LogP contribution in [0.25, 0.3) is 22.3 Å². The molecule has 31 heavy (non-hydrogen) atoms. The first-order valence-corrected chi connectivity index (χ1v) is 9.58. The number of rotatable bonds is 6. The van der Waals surface area contributed by atoms with Crippen molar-refractivity contribution in [3.63, 3.8) is 0 Å². The highest BCUT2D eigenvalue weighted by molar-refractivity contribution is 5.91. The summed E-state index contributed by atoms with van der Waals surface area (Å²) in [6.45, 7) is 9.08. The molecule has 0 unspecified atom stereocenters. The number of allylic oxidation sites excluding steroid dienone is 3. The topological polar surface area (TPSA) is 100 Å². The Morgan fingerprint density at radius 1 is 1.03 bits per heavy atom. The molecular weight excluding hydrogens is 396 g/mol. The third kappa shape index (κ3) is 4.98. The number of fused-ring (bicyclic) bond motifs is 1. The summed E-state index contributed by atoms with van der Waals surface area (Å²) in [5.74, 6) is 0.606. The maximum Gasteiger partial charge on any atom is 0.197 e. The van der Waals surface area contributed by atoms with Crippen LogP contribution >= 0.6 is 0 Å². The van der Waals surface area contributed by atoms with Gasteiger partial charge in [0.1, 0.15) is 34.0 Å². The first-order valence-electron chi connectivity index (χ1n) is 9.58. The van der Waals surface area contributed by atoms with Gasteiger partial charge in [-0.15, -0.1) is 13.2 Å². The summed E-state index contributed by atoms with van der Waals surface area (Å²) in [4.78, 5) is 12.8. The summed E-state index contributed by atoms with van der Waals surface area (Å²) in [6.07, 6.45) is 6.20. The second-order valence-electron chi connectivity index (χ2n) is 6.53. The summed E-state index contributed by atoms with van der Waals surface area (Å²) >= 11 is 0. The Hall–Kier alpha value is -3.93. The zero-order chi connectivity index (χ0) is 23.0. The fourth-order valence-electron chi connectivity index (χ4n) is 3.05. The van der Waals surface area contributed by atoms with Crippen LogP contribution in [0.5, 0.6) is 17.2 Å². The zero-order valence-electron chi connectivity index (χ0n) is 17.6. The van der Waals surface area contributed by atoms with Gasteiger partial charge in [-0.2, -0.15) is 0 Å². The molecule has 3 rings (SSSR count). The summed E-state index contributed by atoms with van der Waals surface area (Å²) in [5, 5.41) is 28.9. The largest absolute Gasteiger partial charge is 0.516 e. The molecule has 3 aromatic rings. The minimum absolute atomic E-state index is 0.0405. The molecule has 1 heterocycles. The molecule has 162 valence electrons. The van der Waals surface area contributed by atoms with E-state index in [0.29, 0.717) is 22.6 Å². The molecule has 0 bridgehead atoms. The van der Waals surface area contributed by atoms with Crippen molar-refractivity contribution in [1.29, 1.82) is 0 Å². The third-order valence-corrected chi connectivity index (χ3v) is 4.54. The minimum Gasteiger partial charge on any atom is -0.516 e. The van der Waals surface area contributed by atoms with E-state index in [4.69, 9.17) is 14.3 Å². The predicted octanol–water partition coefficient (Wildman–Crippen LogP) is 5.41. The van der Waals surface area contributed by atoms with Gasteiger partial charge >= 0.3 is 0 Å². The van der Waals surface area contributed by atoms with Crippen molar-refractivity contribution >= 4 is 11.0 Å². The first kappa shape index (κ1) is 23.3. The molecule has 0 aliphatic carbocycles. The van der Waals surface area contributed by atoms with E-state index in [2.05, 4.69) is 13.2 Å². The molecule has 0 amide bonds. The average Bonchev–Trinajstić information content (AvgIpc) is 2.79. The molecule has 0 aliphatic heterocycles. The molecule has 1 aromatic heterocycles. The van der Waals surface area contributed by atoms with E-state index in [1.807, 2.05) is 0 Å². The minimum atomic E-state index is -0.393. The van der Waals surface area contributed by atoms with Crippen LogP contribution in [0, 0.1) is 0 Å². The SMILES string of the molecule is C=CCc1c(O)c(CC=C)c2oc(-c3ccc(OC)cc3)cc(=O)c2c1O.CC=CO. The Bertz CT molecular complexity index is 1150. The lowest BCUT2D eigenvalue weighted by Crippen LogP contribution is -2.05. The van der Waals surface area contributed by atoms with E-state index in [1.165, 1.54) is 6.07 Å². The van der Waals surface area contributed by atoms with E-state index in [9.17, 15) is 15.0 Å². The number of benzene rings is 2. The molecule has 0 atom stereocenters. The van der Waals surface area contributed by atoms with Crippen LogP contribution in [0.15, 0.2) is 77.2 Å². The maximum atomic E-state index is 12.8. The van der Waals surface area contributed by atoms with Gasteiger partial charge < -0.3 is 24.5 Å². The normalized spacial score (nSPS) is 10.5. The van der Waals surface area contributed by atoms with E-state index in [0.717, 1.165) is 6.26 Å². The molecule has 6 heteroatoms. The summed E-state index contributed by atoms with van der Waals surface area (Å²) in [7, 11) is 1.57. The lowest BCUT2D eigenvalue weighted by Gasteiger charge is -2.14. The van der Waals surface area contributed by atoms with Crippen molar-refractivity contribution in [1.82, 2.24) is 0 Å².